The number of para-hydroxylation sites is 1. The van der Waals surface area contributed by atoms with Gasteiger partial charge >= 0.3 is 0 Å². The van der Waals surface area contributed by atoms with Gasteiger partial charge in [-0.15, -0.1) is 0 Å². The van der Waals surface area contributed by atoms with Crippen molar-refractivity contribution < 1.29 is 9.21 Å². The van der Waals surface area contributed by atoms with Crippen LogP contribution >= 0.6 is 15.9 Å². The third kappa shape index (κ3) is 2.52. The maximum absolute atomic E-state index is 11.9. The first kappa shape index (κ1) is 12.2. The van der Waals surface area contributed by atoms with Gasteiger partial charge in [-0.2, -0.15) is 0 Å². The molecular weight excluding hydrogens is 282 g/mol. The van der Waals surface area contributed by atoms with E-state index in [1.165, 1.54) is 0 Å². The number of amides is 1. The van der Waals surface area contributed by atoms with Crippen LogP contribution < -0.4 is 5.32 Å². The lowest BCUT2D eigenvalue weighted by molar-refractivity contribution is 0.0913. The van der Waals surface area contributed by atoms with Crippen LogP contribution in [0.3, 0.4) is 0 Å². The van der Waals surface area contributed by atoms with Crippen molar-refractivity contribution in [1.82, 2.24) is 5.32 Å². The largest absolute Gasteiger partial charge is 0.450 e. The maximum Gasteiger partial charge on any atom is 0.287 e. The Bertz CT molecular complexity index is 547. The Labute approximate surface area is 108 Å². The van der Waals surface area contributed by atoms with Crippen molar-refractivity contribution in [2.24, 2.45) is 0 Å². The van der Waals surface area contributed by atoms with Crippen molar-refractivity contribution >= 4 is 32.8 Å². The van der Waals surface area contributed by atoms with Crippen LogP contribution in [0.5, 0.6) is 0 Å². The van der Waals surface area contributed by atoms with E-state index in [2.05, 4.69) is 21.2 Å². The van der Waals surface area contributed by atoms with E-state index < -0.39 is 0 Å². The Kier molecular flexibility index (Phi) is 3.52. The summed E-state index contributed by atoms with van der Waals surface area (Å²) in [5.41, 5.74) is 0.710. The first-order valence-corrected chi connectivity index (χ1v) is 6.40. The minimum atomic E-state index is -0.164. The van der Waals surface area contributed by atoms with E-state index in [9.17, 15) is 4.79 Å². The van der Waals surface area contributed by atoms with Crippen molar-refractivity contribution in [3.05, 3.63) is 34.5 Å². The van der Waals surface area contributed by atoms with Gasteiger partial charge in [-0.05, 0) is 41.4 Å². The molecule has 1 aromatic carbocycles. The molecule has 0 aliphatic heterocycles. The van der Waals surface area contributed by atoms with Gasteiger partial charge in [-0.1, -0.05) is 19.1 Å². The number of benzene rings is 1. The Balaban J connectivity index is 2.30. The minimum absolute atomic E-state index is 0.152. The van der Waals surface area contributed by atoms with Crippen molar-refractivity contribution in [1.29, 1.82) is 0 Å². The highest BCUT2D eigenvalue weighted by Gasteiger charge is 2.14. The summed E-state index contributed by atoms with van der Waals surface area (Å²) in [7, 11) is 0. The van der Waals surface area contributed by atoms with E-state index in [0.29, 0.717) is 11.3 Å². The van der Waals surface area contributed by atoms with Crippen LogP contribution in [-0.2, 0) is 0 Å². The molecule has 0 bridgehead atoms. The van der Waals surface area contributed by atoms with Gasteiger partial charge in [0.25, 0.3) is 5.91 Å². The molecule has 2 aromatic rings. The van der Waals surface area contributed by atoms with Crippen LogP contribution in [0, 0.1) is 0 Å². The van der Waals surface area contributed by atoms with Gasteiger partial charge in [-0.3, -0.25) is 4.79 Å². The number of rotatable bonds is 3. The van der Waals surface area contributed by atoms with Crippen molar-refractivity contribution in [2.45, 2.75) is 26.3 Å². The highest BCUT2D eigenvalue weighted by Crippen LogP contribution is 2.26. The monoisotopic (exact) mass is 295 g/mol. The molecule has 90 valence electrons. The number of hydrogen-bond donors (Lipinski definition) is 1. The molecule has 0 radical (unpaired) electrons. The topological polar surface area (TPSA) is 42.2 Å². The highest BCUT2D eigenvalue weighted by atomic mass is 79.9. The molecular formula is C13H14BrNO2. The number of carbonyl (C=O) groups excluding carboxylic acids is 1. The first-order chi connectivity index (χ1) is 8.11. The predicted molar refractivity (Wildman–Crippen MR) is 71.1 cm³/mol. The summed E-state index contributed by atoms with van der Waals surface area (Å²) in [5, 5.41) is 3.80. The first-order valence-electron chi connectivity index (χ1n) is 5.60. The van der Waals surface area contributed by atoms with E-state index in [0.717, 1.165) is 16.3 Å². The third-order valence-electron chi connectivity index (χ3n) is 2.71. The molecule has 1 atom stereocenters. The summed E-state index contributed by atoms with van der Waals surface area (Å²) in [6.07, 6.45) is 0.898. The van der Waals surface area contributed by atoms with Crippen molar-refractivity contribution in [2.75, 3.05) is 0 Å². The molecule has 1 aromatic heterocycles. The zero-order valence-electron chi connectivity index (χ0n) is 9.79. The molecule has 1 heterocycles. The average Bonchev–Trinajstić information content (AvgIpc) is 2.74. The zero-order chi connectivity index (χ0) is 12.4. The number of carbonyl (C=O) groups is 1. The van der Waals surface area contributed by atoms with Gasteiger partial charge < -0.3 is 9.73 Å². The smallest absolute Gasteiger partial charge is 0.287 e. The fraction of sp³-hybridized carbons (Fsp3) is 0.308. The summed E-state index contributed by atoms with van der Waals surface area (Å²) in [5.74, 6) is 0.189. The summed E-state index contributed by atoms with van der Waals surface area (Å²) < 4.78 is 6.41. The molecule has 1 amide bonds. The van der Waals surface area contributed by atoms with Gasteiger partial charge in [0.2, 0.25) is 0 Å². The quantitative estimate of drug-likeness (QED) is 0.938. The average molecular weight is 296 g/mol. The van der Waals surface area contributed by atoms with E-state index in [-0.39, 0.29) is 11.9 Å². The van der Waals surface area contributed by atoms with Crippen LogP contribution in [0.1, 0.15) is 30.8 Å². The van der Waals surface area contributed by atoms with Gasteiger partial charge in [-0.25, -0.2) is 0 Å². The molecule has 0 aliphatic rings. The fourth-order valence-corrected chi connectivity index (χ4v) is 2.00. The van der Waals surface area contributed by atoms with E-state index in [4.69, 9.17) is 4.42 Å². The van der Waals surface area contributed by atoms with Gasteiger partial charge in [0, 0.05) is 11.4 Å². The summed E-state index contributed by atoms with van der Waals surface area (Å²) in [4.78, 5) is 11.9. The molecule has 2 rings (SSSR count). The second-order valence-corrected chi connectivity index (χ2v) is 4.91. The summed E-state index contributed by atoms with van der Waals surface area (Å²) in [6.45, 7) is 4.00. The molecule has 0 saturated heterocycles. The third-order valence-corrected chi connectivity index (χ3v) is 3.33. The van der Waals surface area contributed by atoms with Gasteiger partial charge in [0.05, 0.1) is 4.47 Å². The Morgan fingerprint density at radius 1 is 1.53 bits per heavy atom. The summed E-state index contributed by atoms with van der Waals surface area (Å²) in [6, 6.07) is 7.64. The van der Waals surface area contributed by atoms with Crippen LogP contribution in [0.15, 0.2) is 33.2 Å². The van der Waals surface area contributed by atoms with Crippen LogP contribution in [-0.4, -0.2) is 11.9 Å². The molecule has 4 heteroatoms. The lowest BCUT2D eigenvalue weighted by Crippen LogP contribution is -2.31. The van der Waals surface area contributed by atoms with Crippen molar-refractivity contribution in [3.8, 4) is 0 Å². The van der Waals surface area contributed by atoms with Gasteiger partial charge in [0.15, 0.2) is 5.76 Å². The van der Waals surface area contributed by atoms with Crippen molar-refractivity contribution in [3.63, 3.8) is 0 Å². The van der Waals surface area contributed by atoms with Crippen LogP contribution in [0.4, 0.5) is 0 Å². The second kappa shape index (κ2) is 4.92. The Morgan fingerprint density at radius 2 is 2.29 bits per heavy atom. The number of fused-ring (bicyclic) bond motifs is 1. The molecule has 17 heavy (non-hydrogen) atoms. The summed E-state index contributed by atoms with van der Waals surface area (Å²) >= 11 is 3.40. The number of hydrogen-bond acceptors (Lipinski definition) is 2. The van der Waals surface area contributed by atoms with E-state index in [1.54, 1.807) is 6.07 Å². The lowest BCUT2D eigenvalue weighted by Gasteiger charge is -2.08. The standard InChI is InChI=1S/C13H14BrNO2/c1-3-8(2)15-13(16)11-7-9-5-4-6-10(14)12(9)17-11/h4-8H,3H2,1-2H3,(H,15,16). The predicted octanol–water partition coefficient (Wildman–Crippen LogP) is 3.72. The molecule has 0 fully saturated rings. The second-order valence-electron chi connectivity index (χ2n) is 4.05. The number of furan rings is 1. The van der Waals surface area contributed by atoms with E-state index >= 15 is 0 Å². The molecule has 0 aliphatic carbocycles. The van der Waals surface area contributed by atoms with Crippen LogP contribution in [0.25, 0.3) is 11.0 Å². The van der Waals surface area contributed by atoms with Gasteiger partial charge in [0.1, 0.15) is 5.58 Å². The van der Waals surface area contributed by atoms with E-state index in [1.807, 2.05) is 32.0 Å². The molecule has 3 nitrogen and oxygen atoms in total. The maximum atomic E-state index is 11.9. The number of nitrogens with one attached hydrogen (secondary N) is 1. The Hall–Kier alpha value is -1.29. The fourth-order valence-electron chi connectivity index (χ4n) is 1.54. The highest BCUT2D eigenvalue weighted by molar-refractivity contribution is 9.10. The minimum Gasteiger partial charge on any atom is -0.450 e. The Morgan fingerprint density at radius 3 is 2.94 bits per heavy atom. The SMILES string of the molecule is CCC(C)NC(=O)c1cc2cccc(Br)c2o1. The number of halogens is 1. The molecule has 0 saturated carbocycles. The van der Waals surface area contributed by atoms with Crippen LogP contribution in [0.2, 0.25) is 0 Å². The molecule has 0 spiro atoms. The molecule has 1 unspecified atom stereocenters. The lowest BCUT2D eigenvalue weighted by atomic mass is 10.2. The zero-order valence-corrected chi connectivity index (χ0v) is 11.4. The normalized spacial score (nSPS) is 12.6. The molecule has 1 N–H and O–H groups in total.